The Hall–Kier alpha value is -2.74. The summed E-state index contributed by atoms with van der Waals surface area (Å²) in [6.07, 6.45) is -1.26. The third-order valence-electron chi connectivity index (χ3n) is 3.11. The number of hydrogen-bond donors (Lipinski definition) is 1. The summed E-state index contributed by atoms with van der Waals surface area (Å²) in [5.74, 6) is -3.97. The zero-order chi connectivity index (χ0) is 19.3. The van der Waals surface area contributed by atoms with Gasteiger partial charge in [0.05, 0.1) is 10.7 Å². The molecule has 0 radical (unpaired) electrons. The fourth-order valence-electron chi connectivity index (χ4n) is 1.84. The number of esters is 1. The van der Waals surface area contributed by atoms with Crippen molar-refractivity contribution in [3.8, 4) is 5.75 Å². The number of anilines is 1. The normalized spacial score (nSPS) is 11.6. The van der Waals surface area contributed by atoms with Gasteiger partial charge >= 0.3 is 5.97 Å². The molecule has 138 valence electrons. The quantitative estimate of drug-likeness (QED) is 0.767. The van der Waals surface area contributed by atoms with Crippen molar-refractivity contribution in [3.05, 3.63) is 58.9 Å². The highest BCUT2D eigenvalue weighted by molar-refractivity contribution is 6.32. The van der Waals surface area contributed by atoms with E-state index in [1.807, 2.05) is 0 Å². The van der Waals surface area contributed by atoms with Gasteiger partial charge in [-0.05, 0) is 37.3 Å². The van der Waals surface area contributed by atoms with E-state index in [0.29, 0.717) is 6.07 Å². The Kier molecular flexibility index (Phi) is 6.46. The molecule has 5 nitrogen and oxygen atoms in total. The van der Waals surface area contributed by atoms with E-state index < -0.39 is 42.0 Å². The van der Waals surface area contributed by atoms with Crippen LogP contribution in [0.3, 0.4) is 0 Å². The summed E-state index contributed by atoms with van der Waals surface area (Å²) in [6, 6.07) is 5.95. The van der Waals surface area contributed by atoms with Crippen LogP contribution in [0.1, 0.15) is 6.92 Å². The fraction of sp³-hybridized carbons (Fsp3) is 0.176. The minimum Gasteiger partial charge on any atom is -0.480 e. The first-order chi connectivity index (χ1) is 12.3. The molecule has 0 spiro atoms. The van der Waals surface area contributed by atoms with Crippen molar-refractivity contribution >= 4 is 29.2 Å². The number of hydrogen-bond acceptors (Lipinski definition) is 4. The molecule has 26 heavy (non-hydrogen) atoms. The van der Waals surface area contributed by atoms with Crippen molar-refractivity contribution < 1.29 is 32.2 Å². The van der Waals surface area contributed by atoms with Gasteiger partial charge in [0.1, 0.15) is 23.2 Å². The maximum atomic E-state index is 13.5. The van der Waals surface area contributed by atoms with Crippen LogP contribution in [-0.2, 0) is 14.3 Å². The molecule has 0 heterocycles. The van der Waals surface area contributed by atoms with Crippen molar-refractivity contribution in [1.29, 1.82) is 0 Å². The molecule has 1 N–H and O–H groups in total. The third kappa shape index (κ3) is 5.38. The van der Waals surface area contributed by atoms with Crippen molar-refractivity contribution in [2.75, 3.05) is 11.9 Å². The summed E-state index contributed by atoms with van der Waals surface area (Å²) in [4.78, 5) is 23.6. The topological polar surface area (TPSA) is 64.6 Å². The molecule has 2 aromatic rings. The lowest BCUT2D eigenvalue weighted by atomic mass is 10.2. The molecule has 1 amide bonds. The Bertz CT molecular complexity index is 832. The van der Waals surface area contributed by atoms with Gasteiger partial charge in [-0.15, -0.1) is 0 Å². The van der Waals surface area contributed by atoms with Gasteiger partial charge in [0.25, 0.3) is 5.91 Å². The number of halogens is 4. The van der Waals surface area contributed by atoms with Crippen LogP contribution in [0, 0.1) is 17.5 Å². The predicted molar refractivity (Wildman–Crippen MR) is 87.4 cm³/mol. The maximum absolute atomic E-state index is 13.5. The van der Waals surface area contributed by atoms with Gasteiger partial charge in [-0.3, -0.25) is 4.79 Å². The molecule has 0 aliphatic heterocycles. The summed E-state index contributed by atoms with van der Waals surface area (Å²) in [5, 5.41) is 2.14. The fourth-order valence-corrected chi connectivity index (χ4v) is 2.06. The second-order valence-electron chi connectivity index (χ2n) is 5.11. The number of carbonyl (C=O) groups is 2. The monoisotopic (exact) mass is 387 g/mol. The molecule has 2 aromatic carbocycles. The van der Waals surface area contributed by atoms with E-state index in [9.17, 15) is 22.8 Å². The SMILES string of the molecule is C[C@H](OC(=O)COc1ccc(F)cc1Cl)C(=O)Nc1ccc(F)cc1F. The first kappa shape index (κ1) is 19.6. The summed E-state index contributed by atoms with van der Waals surface area (Å²) >= 11 is 5.74. The number of amides is 1. The average molecular weight is 388 g/mol. The van der Waals surface area contributed by atoms with Gasteiger partial charge in [-0.2, -0.15) is 0 Å². The molecule has 1 atom stereocenters. The highest BCUT2D eigenvalue weighted by atomic mass is 35.5. The molecular weight excluding hydrogens is 375 g/mol. The van der Waals surface area contributed by atoms with Crippen LogP contribution in [0.15, 0.2) is 36.4 Å². The molecule has 2 rings (SSSR count). The molecule has 0 aliphatic rings. The second-order valence-corrected chi connectivity index (χ2v) is 5.52. The molecule has 0 aliphatic carbocycles. The van der Waals surface area contributed by atoms with Crippen LogP contribution < -0.4 is 10.1 Å². The molecule has 0 unspecified atom stereocenters. The zero-order valence-corrected chi connectivity index (χ0v) is 14.1. The standard InChI is InChI=1S/C17H13ClF3NO4/c1-9(17(24)22-14-4-2-11(20)7-13(14)21)26-16(23)8-25-15-5-3-10(19)6-12(15)18/h2-7,9H,8H2,1H3,(H,22,24)/t9-/m0/s1. The van der Waals surface area contributed by atoms with Crippen LogP contribution in [0.5, 0.6) is 5.75 Å². The van der Waals surface area contributed by atoms with Gasteiger partial charge in [0.2, 0.25) is 0 Å². The number of carbonyl (C=O) groups excluding carboxylic acids is 2. The maximum Gasteiger partial charge on any atom is 0.344 e. The Labute approximate surface area is 151 Å². The first-order valence-corrected chi connectivity index (χ1v) is 7.67. The van der Waals surface area contributed by atoms with Crippen molar-refractivity contribution in [2.45, 2.75) is 13.0 Å². The van der Waals surface area contributed by atoms with Gasteiger partial charge in [0, 0.05) is 6.07 Å². The first-order valence-electron chi connectivity index (χ1n) is 7.29. The van der Waals surface area contributed by atoms with Crippen LogP contribution in [0.25, 0.3) is 0 Å². The molecule has 0 saturated carbocycles. The van der Waals surface area contributed by atoms with Crippen LogP contribution in [0.4, 0.5) is 18.9 Å². The second kappa shape index (κ2) is 8.57. The molecule has 0 aromatic heterocycles. The van der Waals surface area contributed by atoms with E-state index in [0.717, 1.165) is 24.3 Å². The Morgan fingerprint density at radius 1 is 1.12 bits per heavy atom. The summed E-state index contributed by atoms with van der Waals surface area (Å²) < 4.78 is 49.1. The van der Waals surface area contributed by atoms with E-state index in [4.69, 9.17) is 21.1 Å². The van der Waals surface area contributed by atoms with Gasteiger partial charge in [-0.1, -0.05) is 11.6 Å². The Morgan fingerprint density at radius 2 is 1.77 bits per heavy atom. The third-order valence-corrected chi connectivity index (χ3v) is 3.40. The van der Waals surface area contributed by atoms with Crippen LogP contribution in [-0.4, -0.2) is 24.6 Å². The lowest BCUT2D eigenvalue weighted by molar-refractivity contribution is -0.155. The van der Waals surface area contributed by atoms with E-state index in [-0.39, 0.29) is 16.5 Å². The number of nitrogens with one attached hydrogen (secondary N) is 1. The van der Waals surface area contributed by atoms with Crippen LogP contribution >= 0.6 is 11.6 Å². The summed E-state index contributed by atoms with van der Waals surface area (Å²) in [7, 11) is 0. The van der Waals surface area contributed by atoms with E-state index in [1.165, 1.54) is 13.0 Å². The number of rotatable bonds is 6. The minimum absolute atomic E-state index is 0.0321. The average Bonchev–Trinajstić information content (AvgIpc) is 2.56. The highest BCUT2D eigenvalue weighted by Crippen LogP contribution is 2.24. The van der Waals surface area contributed by atoms with Crippen molar-refractivity contribution in [1.82, 2.24) is 0 Å². The highest BCUT2D eigenvalue weighted by Gasteiger charge is 2.20. The number of ether oxygens (including phenoxy) is 2. The van der Waals surface area contributed by atoms with Gasteiger partial charge < -0.3 is 14.8 Å². The molecule has 0 fully saturated rings. The number of benzene rings is 2. The van der Waals surface area contributed by atoms with E-state index in [2.05, 4.69) is 5.32 Å². The van der Waals surface area contributed by atoms with Crippen LogP contribution in [0.2, 0.25) is 5.02 Å². The molecule has 9 heteroatoms. The largest absolute Gasteiger partial charge is 0.480 e. The van der Waals surface area contributed by atoms with E-state index in [1.54, 1.807) is 0 Å². The smallest absolute Gasteiger partial charge is 0.344 e. The van der Waals surface area contributed by atoms with Crippen molar-refractivity contribution in [3.63, 3.8) is 0 Å². The van der Waals surface area contributed by atoms with Gasteiger partial charge in [-0.25, -0.2) is 18.0 Å². The Balaban J connectivity index is 1.86. The molecule has 0 bridgehead atoms. The Morgan fingerprint density at radius 3 is 2.42 bits per heavy atom. The van der Waals surface area contributed by atoms with Crippen molar-refractivity contribution in [2.24, 2.45) is 0 Å². The van der Waals surface area contributed by atoms with Gasteiger partial charge in [0.15, 0.2) is 12.7 Å². The lowest BCUT2D eigenvalue weighted by Gasteiger charge is -2.14. The van der Waals surface area contributed by atoms with E-state index >= 15 is 0 Å². The zero-order valence-electron chi connectivity index (χ0n) is 13.4. The summed E-state index contributed by atoms with van der Waals surface area (Å²) in [5.41, 5.74) is -0.256. The minimum atomic E-state index is -1.26. The molecular formula is C17H13ClF3NO4. The lowest BCUT2D eigenvalue weighted by Crippen LogP contribution is -2.32. The summed E-state index contributed by atoms with van der Waals surface area (Å²) in [6.45, 7) is 0.688. The predicted octanol–water partition coefficient (Wildman–Crippen LogP) is 3.71. The molecule has 0 saturated heterocycles.